The molecule has 0 aromatic carbocycles. The van der Waals surface area contributed by atoms with Gasteiger partial charge in [0.05, 0.1) is 18.5 Å². The van der Waals surface area contributed by atoms with E-state index in [-0.39, 0.29) is 23.8 Å². The SMILES string of the molecule is CCNC(=O)C1COCCN1C(=O)CBr. The number of hydrogen-bond acceptors (Lipinski definition) is 3. The molecule has 1 N–H and O–H groups in total. The van der Waals surface area contributed by atoms with Crippen molar-refractivity contribution in [1.82, 2.24) is 10.2 Å². The second-order valence-corrected chi connectivity index (χ2v) is 3.77. The first kappa shape index (κ1) is 12.4. The van der Waals surface area contributed by atoms with Crippen LogP contribution in [0.1, 0.15) is 6.92 Å². The van der Waals surface area contributed by atoms with Crippen molar-refractivity contribution in [3.8, 4) is 0 Å². The number of likely N-dealkylation sites (N-methyl/N-ethyl adjacent to an activating group) is 1. The summed E-state index contributed by atoms with van der Waals surface area (Å²) in [5, 5.41) is 2.94. The summed E-state index contributed by atoms with van der Waals surface area (Å²) in [5.74, 6) is -0.221. The van der Waals surface area contributed by atoms with E-state index in [9.17, 15) is 9.59 Å². The van der Waals surface area contributed by atoms with Crippen LogP contribution in [-0.2, 0) is 14.3 Å². The third kappa shape index (κ3) is 3.17. The number of halogens is 1. The number of nitrogens with one attached hydrogen (secondary N) is 1. The molecule has 1 atom stereocenters. The Balaban J connectivity index is 2.65. The van der Waals surface area contributed by atoms with Gasteiger partial charge in [0.15, 0.2) is 0 Å². The minimum absolute atomic E-state index is 0.0745. The van der Waals surface area contributed by atoms with E-state index in [1.807, 2.05) is 6.92 Å². The lowest BCUT2D eigenvalue weighted by atomic mass is 10.2. The number of rotatable bonds is 3. The van der Waals surface area contributed by atoms with Gasteiger partial charge >= 0.3 is 0 Å². The molecule has 0 aromatic rings. The van der Waals surface area contributed by atoms with Crippen LogP contribution in [-0.4, -0.2) is 54.4 Å². The molecule has 5 nitrogen and oxygen atoms in total. The van der Waals surface area contributed by atoms with Crippen molar-refractivity contribution in [1.29, 1.82) is 0 Å². The smallest absolute Gasteiger partial charge is 0.245 e. The second-order valence-electron chi connectivity index (χ2n) is 3.21. The van der Waals surface area contributed by atoms with Crippen LogP contribution in [0.15, 0.2) is 0 Å². The molecular formula is C9H15BrN2O3. The molecule has 2 amide bonds. The van der Waals surface area contributed by atoms with E-state index in [0.29, 0.717) is 19.7 Å². The number of ether oxygens (including phenoxy) is 1. The van der Waals surface area contributed by atoms with Gasteiger partial charge in [-0.2, -0.15) is 0 Å². The molecule has 1 fully saturated rings. The van der Waals surface area contributed by atoms with E-state index in [1.165, 1.54) is 0 Å². The highest BCUT2D eigenvalue weighted by atomic mass is 79.9. The van der Waals surface area contributed by atoms with Crippen LogP contribution in [0.4, 0.5) is 0 Å². The third-order valence-electron chi connectivity index (χ3n) is 2.22. The van der Waals surface area contributed by atoms with Crippen LogP contribution in [0.25, 0.3) is 0 Å². The highest BCUT2D eigenvalue weighted by Crippen LogP contribution is 2.08. The monoisotopic (exact) mass is 278 g/mol. The Morgan fingerprint density at radius 2 is 2.33 bits per heavy atom. The Labute approximate surface area is 97.3 Å². The zero-order chi connectivity index (χ0) is 11.3. The molecule has 1 heterocycles. The average Bonchev–Trinajstić information content (AvgIpc) is 2.28. The molecule has 1 rings (SSSR count). The fourth-order valence-corrected chi connectivity index (χ4v) is 1.81. The van der Waals surface area contributed by atoms with Crippen LogP contribution in [0, 0.1) is 0 Å². The van der Waals surface area contributed by atoms with E-state index < -0.39 is 6.04 Å². The first-order valence-corrected chi connectivity index (χ1v) is 6.03. The molecule has 0 radical (unpaired) electrons. The van der Waals surface area contributed by atoms with Crippen molar-refractivity contribution in [2.45, 2.75) is 13.0 Å². The van der Waals surface area contributed by atoms with Gasteiger partial charge in [-0.05, 0) is 6.92 Å². The number of nitrogens with zero attached hydrogens (tertiary/aromatic N) is 1. The van der Waals surface area contributed by atoms with Crippen LogP contribution in [0.5, 0.6) is 0 Å². The minimum Gasteiger partial charge on any atom is -0.377 e. The fraction of sp³-hybridized carbons (Fsp3) is 0.778. The van der Waals surface area contributed by atoms with Crippen LogP contribution >= 0.6 is 15.9 Å². The average molecular weight is 279 g/mol. The Morgan fingerprint density at radius 3 is 2.93 bits per heavy atom. The van der Waals surface area contributed by atoms with Gasteiger partial charge < -0.3 is 15.0 Å². The Kier molecular flexibility index (Phi) is 5.04. The highest BCUT2D eigenvalue weighted by Gasteiger charge is 2.31. The van der Waals surface area contributed by atoms with E-state index in [2.05, 4.69) is 21.2 Å². The van der Waals surface area contributed by atoms with Crippen molar-refractivity contribution < 1.29 is 14.3 Å². The zero-order valence-electron chi connectivity index (χ0n) is 8.66. The van der Waals surface area contributed by atoms with E-state index in [0.717, 1.165) is 0 Å². The second kappa shape index (κ2) is 6.07. The zero-order valence-corrected chi connectivity index (χ0v) is 10.2. The van der Waals surface area contributed by atoms with E-state index in [4.69, 9.17) is 4.74 Å². The lowest BCUT2D eigenvalue weighted by molar-refractivity contribution is -0.146. The summed E-state index contributed by atoms with van der Waals surface area (Å²) in [7, 11) is 0. The molecule has 1 saturated heterocycles. The van der Waals surface area contributed by atoms with Gasteiger partial charge in [-0.1, -0.05) is 15.9 Å². The normalized spacial score (nSPS) is 21.2. The molecule has 0 aliphatic carbocycles. The van der Waals surface area contributed by atoms with Crippen molar-refractivity contribution >= 4 is 27.7 Å². The Bertz CT molecular complexity index is 248. The topological polar surface area (TPSA) is 58.6 Å². The number of alkyl halides is 1. The van der Waals surface area contributed by atoms with E-state index in [1.54, 1.807) is 4.90 Å². The summed E-state index contributed by atoms with van der Waals surface area (Å²) in [6, 6.07) is -0.483. The lowest BCUT2D eigenvalue weighted by Crippen LogP contribution is -2.56. The van der Waals surface area contributed by atoms with Crippen molar-refractivity contribution in [2.75, 3.05) is 31.6 Å². The van der Waals surface area contributed by atoms with Gasteiger partial charge in [0, 0.05) is 13.1 Å². The molecular weight excluding hydrogens is 264 g/mol. The van der Waals surface area contributed by atoms with Crippen molar-refractivity contribution in [3.63, 3.8) is 0 Å². The molecule has 0 bridgehead atoms. The maximum Gasteiger partial charge on any atom is 0.245 e. The molecule has 1 aliphatic heterocycles. The molecule has 0 saturated carbocycles. The minimum atomic E-state index is -0.483. The molecule has 6 heteroatoms. The number of hydrogen-bond donors (Lipinski definition) is 1. The van der Waals surface area contributed by atoms with Gasteiger partial charge in [-0.25, -0.2) is 0 Å². The van der Waals surface area contributed by atoms with Crippen molar-refractivity contribution in [3.05, 3.63) is 0 Å². The maximum absolute atomic E-state index is 11.6. The summed E-state index contributed by atoms with van der Waals surface area (Å²) < 4.78 is 5.20. The summed E-state index contributed by atoms with van der Waals surface area (Å²) in [6.45, 7) is 3.66. The van der Waals surface area contributed by atoms with Gasteiger partial charge in [-0.3, -0.25) is 9.59 Å². The third-order valence-corrected chi connectivity index (χ3v) is 2.70. The number of amides is 2. The molecule has 86 valence electrons. The summed E-state index contributed by atoms with van der Waals surface area (Å²) in [5.41, 5.74) is 0. The standard InChI is InChI=1S/C9H15BrN2O3/c1-2-11-9(14)7-6-15-4-3-12(7)8(13)5-10/h7H,2-6H2,1H3,(H,11,14). The quantitative estimate of drug-likeness (QED) is 0.724. The van der Waals surface area contributed by atoms with Gasteiger partial charge in [0.2, 0.25) is 11.8 Å². The summed E-state index contributed by atoms with van der Waals surface area (Å²) in [4.78, 5) is 24.7. The highest BCUT2D eigenvalue weighted by molar-refractivity contribution is 9.09. The predicted octanol–water partition coefficient (Wildman–Crippen LogP) is -0.255. The predicted molar refractivity (Wildman–Crippen MR) is 58.8 cm³/mol. The van der Waals surface area contributed by atoms with E-state index >= 15 is 0 Å². The van der Waals surface area contributed by atoms with Crippen LogP contribution in [0.3, 0.4) is 0 Å². The number of morpholine rings is 1. The molecule has 0 spiro atoms. The first-order valence-electron chi connectivity index (χ1n) is 4.91. The number of carbonyl (C=O) groups is 2. The molecule has 1 aliphatic rings. The first-order chi connectivity index (χ1) is 7.20. The van der Waals surface area contributed by atoms with Crippen molar-refractivity contribution in [2.24, 2.45) is 0 Å². The summed E-state index contributed by atoms with van der Waals surface area (Å²) >= 11 is 3.10. The van der Waals surface area contributed by atoms with Gasteiger partial charge in [0.1, 0.15) is 6.04 Å². The fourth-order valence-electron chi connectivity index (χ4n) is 1.49. The molecule has 1 unspecified atom stereocenters. The Hall–Kier alpha value is -0.620. The Morgan fingerprint density at radius 1 is 1.60 bits per heavy atom. The molecule has 15 heavy (non-hydrogen) atoms. The van der Waals surface area contributed by atoms with Crippen LogP contribution in [0.2, 0.25) is 0 Å². The van der Waals surface area contributed by atoms with Gasteiger partial charge in [-0.15, -0.1) is 0 Å². The summed E-state index contributed by atoms with van der Waals surface area (Å²) in [6.07, 6.45) is 0. The van der Waals surface area contributed by atoms with Crippen LogP contribution < -0.4 is 5.32 Å². The largest absolute Gasteiger partial charge is 0.377 e. The molecule has 0 aromatic heterocycles. The maximum atomic E-state index is 11.6. The lowest BCUT2D eigenvalue weighted by Gasteiger charge is -2.34. The van der Waals surface area contributed by atoms with Gasteiger partial charge in [0.25, 0.3) is 0 Å². The number of carbonyl (C=O) groups excluding carboxylic acids is 2.